The summed E-state index contributed by atoms with van der Waals surface area (Å²) in [6, 6.07) is 10.4. The number of nitrogen functional groups attached to an aromatic ring is 2. The lowest BCUT2D eigenvalue weighted by Crippen LogP contribution is -2.44. The monoisotopic (exact) mass is 652 g/mol. The first kappa shape index (κ1) is 35.2. The van der Waals surface area contributed by atoms with Crippen LogP contribution in [0.5, 0.6) is 11.5 Å². The minimum absolute atomic E-state index is 0.0437. The molecule has 244 valence electrons. The van der Waals surface area contributed by atoms with Gasteiger partial charge in [-0.25, -0.2) is 9.59 Å². The standard InChI is InChI=1S/2C16H23ClN2O3/c2*1-16(2,3)22-15(20)19-8-6-12(7-9-19)21-14-5-4-11(17)10-13(14)18/h2*4-5,10,12H,6-9,18H2,1-3H3. The van der Waals surface area contributed by atoms with Gasteiger partial charge in [-0.15, -0.1) is 0 Å². The molecule has 0 aromatic heterocycles. The quantitative estimate of drug-likeness (QED) is 0.327. The van der Waals surface area contributed by atoms with Crippen molar-refractivity contribution in [3.63, 3.8) is 0 Å². The first-order chi connectivity index (χ1) is 20.5. The number of amides is 2. The van der Waals surface area contributed by atoms with Crippen molar-refractivity contribution in [2.75, 3.05) is 37.6 Å². The Bertz CT molecular complexity index is 1170. The molecule has 2 heterocycles. The molecule has 2 aromatic rings. The van der Waals surface area contributed by atoms with E-state index in [0.717, 1.165) is 25.7 Å². The molecule has 0 saturated carbocycles. The Kier molecular flexibility index (Phi) is 12.1. The summed E-state index contributed by atoms with van der Waals surface area (Å²) in [6.45, 7) is 13.7. The van der Waals surface area contributed by atoms with E-state index < -0.39 is 11.2 Å². The molecule has 12 heteroatoms. The highest BCUT2D eigenvalue weighted by Gasteiger charge is 2.29. The van der Waals surface area contributed by atoms with Crippen molar-refractivity contribution in [3.05, 3.63) is 46.4 Å². The summed E-state index contributed by atoms with van der Waals surface area (Å²) in [5.41, 5.74) is 11.9. The normalized spacial score (nSPS) is 16.5. The number of carbonyl (C=O) groups excluding carboxylic acids is 2. The number of benzene rings is 2. The van der Waals surface area contributed by atoms with Crippen molar-refractivity contribution in [1.82, 2.24) is 9.80 Å². The predicted molar refractivity (Wildman–Crippen MR) is 175 cm³/mol. The minimum Gasteiger partial charge on any atom is -0.488 e. The van der Waals surface area contributed by atoms with Gasteiger partial charge in [-0.1, -0.05) is 23.2 Å². The molecule has 0 bridgehead atoms. The zero-order valence-electron chi connectivity index (χ0n) is 26.5. The average Bonchev–Trinajstić information content (AvgIpc) is 2.91. The minimum atomic E-state index is -0.470. The number of halogens is 2. The van der Waals surface area contributed by atoms with Gasteiger partial charge in [-0.2, -0.15) is 0 Å². The molecule has 2 aliphatic rings. The van der Waals surface area contributed by atoms with Crippen LogP contribution in [-0.4, -0.2) is 71.6 Å². The van der Waals surface area contributed by atoms with Crippen molar-refractivity contribution in [3.8, 4) is 11.5 Å². The molecular formula is C32H46Cl2N4O6. The van der Waals surface area contributed by atoms with E-state index in [1.165, 1.54) is 0 Å². The van der Waals surface area contributed by atoms with E-state index in [1.54, 1.807) is 46.2 Å². The molecule has 4 rings (SSSR count). The van der Waals surface area contributed by atoms with Crippen LogP contribution in [0, 0.1) is 0 Å². The fourth-order valence-corrected chi connectivity index (χ4v) is 4.94. The molecule has 0 atom stereocenters. The number of hydrogen-bond donors (Lipinski definition) is 2. The average molecular weight is 654 g/mol. The molecule has 0 spiro atoms. The van der Waals surface area contributed by atoms with Crippen LogP contribution in [0.4, 0.5) is 21.0 Å². The number of likely N-dealkylation sites (tertiary alicyclic amines) is 2. The van der Waals surface area contributed by atoms with Gasteiger partial charge in [0.1, 0.15) is 34.9 Å². The number of piperidine rings is 2. The van der Waals surface area contributed by atoms with Gasteiger partial charge in [0.05, 0.1) is 11.4 Å². The Hall–Kier alpha value is -3.24. The summed E-state index contributed by atoms with van der Waals surface area (Å²) in [5.74, 6) is 1.28. The first-order valence-electron chi connectivity index (χ1n) is 14.9. The summed E-state index contributed by atoms with van der Waals surface area (Å²) in [7, 11) is 0. The lowest BCUT2D eigenvalue weighted by molar-refractivity contribution is 0.0116. The van der Waals surface area contributed by atoms with Crippen LogP contribution in [0.15, 0.2) is 36.4 Å². The van der Waals surface area contributed by atoms with Gasteiger partial charge in [0.25, 0.3) is 0 Å². The van der Waals surface area contributed by atoms with Gasteiger partial charge in [-0.05, 0) is 77.9 Å². The molecule has 2 aliphatic heterocycles. The third-order valence-electron chi connectivity index (χ3n) is 6.72. The fourth-order valence-electron chi connectivity index (χ4n) is 4.58. The maximum absolute atomic E-state index is 12.0. The number of hydrogen-bond acceptors (Lipinski definition) is 8. The molecule has 0 aliphatic carbocycles. The van der Waals surface area contributed by atoms with Crippen LogP contribution < -0.4 is 20.9 Å². The Labute approximate surface area is 270 Å². The number of carbonyl (C=O) groups is 2. The summed E-state index contributed by atoms with van der Waals surface area (Å²) in [6.07, 6.45) is 2.56. The maximum Gasteiger partial charge on any atom is 0.410 e. The van der Waals surface area contributed by atoms with Crippen LogP contribution >= 0.6 is 23.2 Å². The third kappa shape index (κ3) is 11.7. The third-order valence-corrected chi connectivity index (χ3v) is 7.19. The molecule has 0 radical (unpaired) electrons. The van der Waals surface area contributed by atoms with E-state index in [9.17, 15) is 9.59 Å². The van der Waals surface area contributed by atoms with Gasteiger partial charge in [0.15, 0.2) is 0 Å². The highest BCUT2D eigenvalue weighted by molar-refractivity contribution is 6.31. The molecule has 0 unspecified atom stereocenters. The molecule has 10 nitrogen and oxygen atoms in total. The Morgan fingerprint density at radius 1 is 0.659 bits per heavy atom. The predicted octanol–water partition coefficient (Wildman–Crippen LogP) is 7.40. The summed E-state index contributed by atoms with van der Waals surface area (Å²) >= 11 is 11.7. The lowest BCUT2D eigenvalue weighted by Gasteiger charge is -2.33. The molecule has 44 heavy (non-hydrogen) atoms. The second-order valence-electron chi connectivity index (χ2n) is 12.9. The second-order valence-corrected chi connectivity index (χ2v) is 13.8. The maximum atomic E-state index is 12.0. The first-order valence-corrected chi connectivity index (χ1v) is 15.6. The highest BCUT2D eigenvalue weighted by atomic mass is 35.5. The van der Waals surface area contributed by atoms with Crippen molar-refractivity contribution in [2.24, 2.45) is 0 Å². The zero-order valence-corrected chi connectivity index (χ0v) is 28.0. The number of rotatable bonds is 4. The number of nitrogens with zero attached hydrogens (tertiary/aromatic N) is 2. The summed E-state index contributed by atoms with van der Waals surface area (Å²) in [4.78, 5) is 27.4. The van der Waals surface area contributed by atoms with E-state index in [0.29, 0.717) is 59.1 Å². The van der Waals surface area contributed by atoms with Gasteiger partial charge < -0.3 is 40.2 Å². The Morgan fingerprint density at radius 2 is 0.977 bits per heavy atom. The zero-order chi connectivity index (χ0) is 32.7. The second kappa shape index (κ2) is 15.2. The SMILES string of the molecule is CC(C)(C)OC(=O)N1CCC(Oc2ccc(Cl)cc2N)CC1.CC(C)(C)OC(=O)N1CCC(Oc2ccc(Cl)cc2N)CC1. The van der Waals surface area contributed by atoms with E-state index in [1.807, 2.05) is 41.5 Å². The smallest absolute Gasteiger partial charge is 0.410 e. The molecule has 2 saturated heterocycles. The highest BCUT2D eigenvalue weighted by Crippen LogP contribution is 2.29. The van der Waals surface area contributed by atoms with Crippen LogP contribution in [0.3, 0.4) is 0 Å². The van der Waals surface area contributed by atoms with Crippen LogP contribution in [0.25, 0.3) is 0 Å². The molecule has 2 fully saturated rings. The van der Waals surface area contributed by atoms with Gasteiger partial charge in [0, 0.05) is 61.9 Å². The molecule has 2 amide bonds. The fraction of sp³-hybridized carbons (Fsp3) is 0.562. The largest absolute Gasteiger partial charge is 0.488 e. The molecule has 4 N–H and O–H groups in total. The van der Waals surface area contributed by atoms with Crippen LogP contribution in [0.1, 0.15) is 67.2 Å². The number of ether oxygens (including phenoxy) is 4. The number of anilines is 2. The van der Waals surface area contributed by atoms with Gasteiger partial charge in [-0.3, -0.25) is 0 Å². The Balaban J connectivity index is 0.000000240. The van der Waals surface area contributed by atoms with Gasteiger partial charge in [0.2, 0.25) is 0 Å². The lowest BCUT2D eigenvalue weighted by atomic mass is 10.1. The van der Waals surface area contributed by atoms with Gasteiger partial charge >= 0.3 is 12.2 Å². The van der Waals surface area contributed by atoms with Crippen molar-refractivity contribution < 1.29 is 28.5 Å². The summed E-state index contributed by atoms with van der Waals surface area (Å²) in [5, 5.41) is 1.18. The number of nitrogens with two attached hydrogens (primary N) is 2. The molecule has 2 aromatic carbocycles. The van der Waals surface area contributed by atoms with E-state index >= 15 is 0 Å². The van der Waals surface area contributed by atoms with Crippen molar-refractivity contribution >= 4 is 46.8 Å². The topological polar surface area (TPSA) is 130 Å². The summed E-state index contributed by atoms with van der Waals surface area (Å²) < 4.78 is 22.6. The molecular weight excluding hydrogens is 607 g/mol. The van der Waals surface area contributed by atoms with E-state index in [4.69, 9.17) is 53.6 Å². The van der Waals surface area contributed by atoms with Crippen LogP contribution in [-0.2, 0) is 9.47 Å². The van der Waals surface area contributed by atoms with Crippen molar-refractivity contribution in [1.29, 1.82) is 0 Å². The van der Waals surface area contributed by atoms with Crippen molar-refractivity contribution in [2.45, 2.75) is 90.6 Å². The van der Waals surface area contributed by atoms with Crippen LogP contribution in [0.2, 0.25) is 10.0 Å². The Morgan fingerprint density at radius 3 is 1.25 bits per heavy atom. The van der Waals surface area contributed by atoms with E-state index in [2.05, 4.69) is 0 Å². The van der Waals surface area contributed by atoms with E-state index in [-0.39, 0.29) is 24.4 Å².